The Morgan fingerprint density at radius 2 is 2.50 bits per heavy atom. The van der Waals surface area contributed by atoms with Crippen molar-refractivity contribution < 1.29 is 0 Å². The first kappa shape index (κ1) is 11.8. The lowest BCUT2D eigenvalue weighted by molar-refractivity contribution is 0.314. The number of aromatic nitrogens is 1. The molecule has 2 rings (SSSR count). The summed E-state index contributed by atoms with van der Waals surface area (Å²) in [5.74, 6) is 0. The Bertz CT molecular complexity index is 338. The number of likely N-dealkylation sites (N-methyl/N-ethyl adjacent to an activating group) is 2. The van der Waals surface area contributed by atoms with Crippen molar-refractivity contribution in [2.45, 2.75) is 25.4 Å². The molecule has 2 heterocycles. The van der Waals surface area contributed by atoms with Gasteiger partial charge in [-0.05, 0) is 26.4 Å². The predicted molar refractivity (Wildman–Crippen MR) is 68.9 cm³/mol. The molecule has 1 aromatic rings. The van der Waals surface area contributed by atoms with E-state index in [1.807, 2.05) is 6.20 Å². The summed E-state index contributed by atoms with van der Waals surface area (Å²) < 4.78 is 0. The van der Waals surface area contributed by atoms with Gasteiger partial charge in [-0.3, -0.25) is 0 Å². The zero-order valence-corrected chi connectivity index (χ0v) is 10.8. The Kier molecular flexibility index (Phi) is 3.78. The molecule has 1 saturated heterocycles. The highest BCUT2D eigenvalue weighted by Gasteiger charge is 2.22. The van der Waals surface area contributed by atoms with Crippen molar-refractivity contribution >= 4 is 16.5 Å². The third-order valence-corrected chi connectivity index (χ3v) is 4.36. The second-order valence-electron chi connectivity index (χ2n) is 4.47. The minimum atomic E-state index is 0.592. The molecule has 0 spiro atoms. The van der Waals surface area contributed by atoms with Crippen LogP contribution in [0.15, 0.2) is 6.20 Å². The molecule has 1 aliphatic heterocycles. The molecule has 0 radical (unpaired) electrons. The fraction of sp³-hybridized carbons (Fsp3) is 0.727. The number of nitrogens with two attached hydrogens (primary N) is 1. The molecule has 0 amide bonds. The number of hydrogen-bond donors (Lipinski definition) is 1. The van der Waals surface area contributed by atoms with Crippen LogP contribution >= 0.6 is 11.3 Å². The fourth-order valence-corrected chi connectivity index (χ4v) is 2.93. The van der Waals surface area contributed by atoms with Crippen LogP contribution in [0.25, 0.3) is 0 Å². The third kappa shape index (κ3) is 2.53. The van der Waals surface area contributed by atoms with Crippen molar-refractivity contribution in [3.05, 3.63) is 11.1 Å². The van der Waals surface area contributed by atoms with Crippen molar-refractivity contribution in [1.82, 2.24) is 9.88 Å². The van der Waals surface area contributed by atoms with Crippen LogP contribution in [0, 0.1) is 0 Å². The van der Waals surface area contributed by atoms with Gasteiger partial charge < -0.3 is 15.5 Å². The van der Waals surface area contributed by atoms with Gasteiger partial charge in [0.25, 0.3) is 0 Å². The molecule has 5 heteroatoms. The van der Waals surface area contributed by atoms with Crippen molar-refractivity contribution in [3.63, 3.8) is 0 Å². The lowest BCUT2D eigenvalue weighted by Crippen LogP contribution is -2.36. The van der Waals surface area contributed by atoms with Crippen molar-refractivity contribution in [2.24, 2.45) is 5.73 Å². The number of thiazole rings is 1. The summed E-state index contributed by atoms with van der Waals surface area (Å²) >= 11 is 1.70. The highest BCUT2D eigenvalue weighted by Crippen LogP contribution is 2.23. The van der Waals surface area contributed by atoms with Gasteiger partial charge >= 0.3 is 0 Å². The Hall–Kier alpha value is -0.650. The van der Waals surface area contributed by atoms with E-state index in [1.54, 1.807) is 11.3 Å². The van der Waals surface area contributed by atoms with Gasteiger partial charge in [-0.25, -0.2) is 4.98 Å². The quantitative estimate of drug-likeness (QED) is 0.857. The Labute approximate surface area is 101 Å². The topological polar surface area (TPSA) is 45.4 Å². The van der Waals surface area contributed by atoms with E-state index in [-0.39, 0.29) is 0 Å². The molecule has 2 N–H and O–H groups in total. The highest BCUT2D eigenvalue weighted by atomic mass is 32.1. The van der Waals surface area contributed by atoms with Crippen molar-refractivity contribution in [3.8, 4) is 0 Å². The molecule has 16 heavy (non-hydrogen) atoms. The minimum absolute atomic E-state index is 0.592. The molecule has 1 fully saturated rings. The van der Waals surface area contributed by atoms with E-state index >= 15 is 0 Å². The first-order valence-electron chi connectivity index (χ1n) is 5.77. The zero-order valence-electron chi connectivity index (χ0n) is 10.0. The highest BCUT2D eigenvalue weighted by molar-refractivity contribution is 7.15. The summed E-state index contributed by atoms with van der Waals surface area (Å²) in [6.07, 6.45) is 4.51. The van der Waals surface area contributed by atoms with Crippen LogP contribution in [0.4, 0.5) is 5.13 Å². The second-order valence-corrected chi connectivity index (χ2v) is 5.56. The molecule has 90 valence electrons. The zero-order chi connectivity index (χ0) is 11.5. The summed E-state index contributed by atoms with van der Waals surface area (Å²) in [4.78, 5) is 10.2. The molecule has 0 aliphatic carbocycles. The van der Waals surface area contributed by atoms with Crippen molar-refractivity contribution in [1.29, 1.82) is 0 Å². The van der Waals surface area contributed by atoms with Gasteiger partial charge in [-0.2, -0.15) is 0 Å². The Balaban J connectivity index is 1.94. The van der Waals surface area contributed by atoms with Crippen LogP contribution in [0.3, 0.4) is 0 Å². The van der Waals surface area contributed by atoms with Crippen LogP contribution in [0.2, 0.25) is 0 Å². The van der Waals surface area contributed by atoms with Crippen molar-refractivity contribution in [2.75, 3.05) is 32.1 Å². The van der Waals surface area contributed by atoms with Gasteiger partial charge in [0.05, 0.1) is 0 Å². The van der Waals surface area contributed by atoms with E-state index < -0.39 is 0 Å². The summed E-state index contributed by atoms with van der Waals surface area (Å²) in [6.45, 7) is 2.88. The smallest absolute Gasteiger partial charge is 0.185 e. The van der Waals surface area contributed by atoms with Gasteiger partial charge in [-0.15, -0.1) is 11.3 Å². The monoisotopic (exact) mass is 240 g/mol. The number of rotatable bonds is 4. The average Bonchev–Trinajstić information content (AvgIpc) is 2.88. The maximum absolute atomic E-state index is 5.59. The number of likely N-dealkylation sites (tertiary alicyclic amines) is 1. The van der Waals surface area contributed by atoms with Crippen LogP contribution < -0.4 is 10.6 Å². The molecular formula is C11H20N4S. The maximum atomic E-state index is 5.59. The van der Waals surface area contributed by atoms with E-state index in [4.69, 9.17) is 5.73 Å². The Morgan fingerprint density at radius 3 is 3.06 bits per heavy atom. The SMILES string of the molecule is CN(CC1CCCN1C)c1ncc(CN)s1. The normalized spacial score (nSPS) is 21.6. The van der Waals surface area contributed by atoms with Crippen LogP contribution in [-0.4, -0.2) is 43.1 Å². The molecule has 1 unspecified atom stereocenters. The molecule has 1 aromatic heterocycles. The van der Waals surface area contributed by atoms with E-state index in [2.05, 4.69) is 28.9 Å². The first-order valence-corrected chi connectivity index (χ1v) is 6.58. The third-order valence-electron chi connectivity index (χ3n) is 3.23. The molecule has 0 saturated carbocycles. The predicted octanol–water partition coefficient (Wildman–Crippen LogP) is 1.13. The van der Waals surface area contributed by atoms with Gasteiger partial charge in [0.15, 0.2) is 5.13 Å². The van der Waals surface area contributed by atoms with Gasteiger partial charge in [-0.1, -0.05) is 0 Å². The molecular weight excluding hydrogens is 220 g/mol. The summed E-state index contributed by atoms with van der Waals surface area (Å²) in [5.41, 5.74) is 5.59. The van der Waals surface area contributed by atoms with E-state index in [1.165, 1.54) is 19.4 Å². The summed E-state index contributed by atoms with van der Waals surface area (Å²) in [7, 11) is 4.32. The molecule has 0 bridgehead atoms. The van der Waals surface area contributed by atoms with Gasteiger partial charge in [0.1, 0.15) is 0 Å². The average molecular weight is 240 g/mol. The Morgan fingerprint density at radius 1 is 1.69 bits per heavy atom. The fourth-order valence-electron chi connectivity index (χ4n) is 2.17. The number of hydrogen-bond acceptors (Lipinski definition) is 5. The minimum Gasteiger partial charge on any atom is -0.350 e. The molecule has 1 atom stereocenters. The molecule has 4 nitrogen and oxygen atoms in total. The molecule has 1 aliphatic rings. The number of anilines is 1. The lowest BCUT2D eigenvalue weighted by Gasteiger charge is -2.25. The standard InChI is InChI=1S/C11H20N4S/c1-14-5-3-4-9(14)8-15(2)11-13-7-10(6-12)16-11/h7,9H,3-6,8,12H2,1-2H3. The van der Waals surface area contributed by atoms with Gasteiger partial charge in [0.2, 0.25) is 0 Å². The van der Waals surface area contributed by atoms with Crippen LogP contribution in [0.5, 0.6) is 0 Å². The summed E-state index contributed by atoms with van der Waals surface area (Å²) in [5, 5.41) is 1.08. The lowest BCUT2D eigenvalue weighted by atomic mass is 10.2. The molecule has 0 aromatic carbocycles. The number of nitrogens with zero attached hydrogens (tertiary/aromatic N) is 3. The largest absolute Gasteiger partial charge is 0.350 e. The van der Waals surface area contributed by atoms with Gasteiger partial charge in [0, 0.05) is 37.3 Å². The van der Waals surface area contributed by atoms with E-state index in [9.17, 15) is 0 Å². The summed E-state index contributed by atoms with van der Waals surface area (Å²) in [6, 6.07) is 0.676. The van der Waals surface area contributed by atoms with E-state index in [0.29, 0.717) is 12.6 Å². The second kappa shape index (κ2) is 5.12. The maximum Gasteiger partial charge on any atom is 0.185 e. The van der Waals surface area contributed by atoms with E-state index in [0.717, 1.165) is 16.6 Å². The first-order chi connectivity index (χ1) is 7.70. The van der Waals surface area contributed by atoms with Crippen LogP contribution in [-0.2, 0) is 6.54 Å². The van der Waals surface area contributed by atoms with Crippen LogP contribution in [0.1, 0.15) is 17.7 Å².